The fourth-order valence-electron chi connectivity index (χ4n) is 1.51. The van der Waals surface area contributed by atoms with E-state index in [2.05, 4.69) is 4.98 Å². The maximum atomic E-state index is 12.9. The summed E-state index contributed by atoms with van der Waals surface area (Å²) in [5.41, 5.74) is 1.36. The number of hydrogen-bond acceptors (Lipinski definition) is 1. The van der Waals surface area contributed by atoms with Crippen LogP contribution in [0.4, 0.5) is 4.39 Å². The van der Waals surface area contributed by atoms with E-state index >= 15 is 0 Å². The number of H-pyrrole nitrogens is 1. The summed E-state index contributed by atoms with van der Waals surface area (Å²) < 4.78 is 12.9. The van der Waals surface area contributed by atoms with Crippen LogP contribution >= 0.6 is 11.6 Å². The lowest BCUT2D eigenvalue weighted by atomic mass is 10.0. The molecule has 4 heteroatoms. The van der Waals surface area contributed by atoms with Crippen LogP contribution in [-0.2, 0) is 0 Å². The van der Waals surface area contributed by atoms with Gasteiger partial charge in [0.15, 0.2) is 11.7 Å². The molecule has 0 aliphatic carbocycles. The van der Waals surface area contributed by atoms with Crippen molar-refractivity contribution in [1.82, 2.24) is 4.98 Å². The predicted octanol–water partition coefficient (Wildman–Crippen LogP) is 3.35. The van der Waals surface area contributed by atoms with Gasteiger partial charge in [-0.1, -0.05) is 11.6 Å². The number of aryl methyl sites for hydroxylation is 1. The van der Waals surface area contributed by atoms with E-state index in [-0.39, 0.29) is 5.78 Å². The van der Waals surface area contributed by atoms with Gasteiger partial charge in [0, 0.05) is 27.9 Å². The highest BCUT2D eigenvalue weighted by atomic mass is 35.5. The third kappa shape index (κ3) is 1.99. The molecule has 0 bridgehead atoms. The molecule has 0 saturated heterocycles. The number of aromatic amines is 1. The van der Waals surface area contributed by atoms with Crippen LogP contribution in [0.25, 0.3) is 0 Å². The van der Waals surface area contributed by atoms with Crippen molar-refractivity contribution in [2.75, 3.05) is 0 Å². The first-order valence-electron chi connectivity index (χ1n) is 4.73. The second-order valence-corrected chi connectivity index (χ2v) is 3.93. The van der Waals surface area contributed by atoms with Crippen molar-refractivity contribution in [3.63, 3.8) is 0 Å². The molecule has 0 aliphatic rings. The molecular weight excluding hydrogens is 229 g/mol. The van der Waals surface area contributed by atoms with E-state index in [4.69, 9.17) is 11.6 Å². The van der Waals surface area contributed by atoms with Gasteiger partial charge in [-0.3, -0.25) is 4.79 Å². The molecule has 1 aromatic heterocycles. The van der Waals surface area contributed by atoms with Gasteiger partial charge < -0.3 is 4.98 Å². The van der Waals surface area contributed by atoms with Crippen LogP contribution in [0, 0.1) is 12.9 Å². The summed E-state index contributed by atoms with van der Waals surface area (Å²) in [5, 5.41) is 0.563. The SMILES string of the molecule is Cc1[nH]c(F)cc1C(=O)c1ccc(Cl)cc1. The molecule has 1 heterocycles. The average molecular weight is 238 g/mol. The highest BCUT2D eigenvalue weighted by molar-refractivity contribution is 6.30. The minimum Gasteiger partial charge on any atom is -0.335 e. The van der Waals surface area contributed by atoms with Gasteiger partial charge in [0.05, 0.1) is 0 Å². The zero-order valence-corrected chi connectivity index (χ0v) is 9.31. The van der Waals surface area contributed by atoms with Crippen molar-refractivity contribution < 1.29 is 9.18 Å². The van der Waals surface area contributed by atoms with E-state index in [1.165, 1.54) is 6.07 Å². The van der Waals surface area contributed by atoms with Gasteiger partial charge in [0.1, 0.15) is 0 Å². The van der Waals surface area contributed by atoms with E-state index in [1.54, 1.807) is 31.2 Å². The van der Waals surface area contributed by atoms with Gasteiger partial charge >= 0.3 is 0 Å². The first kappa shape index (κ1) is 10.9. The summed E-state index contributed by atoms with van der Waals surface area (Å²) in [6.07, 6.45) is 0. The van der Waals surface area contributed by atoms with Gasteiger partial charge in [0.25, 0.3) is 0 Å². The molecule has 0 amide bonds. The van der Waals surface area contributed by atoms with E-state index in [1.807, 2.05) is 0 Å². The molecule has 0 aliphatic heterocycles. The van der Waals surface area contributed by atoms with Gasteiger partial charge in [-0.05, 0) is 31.2 Å². The van der Waals surface area contributed by atoms with E-state index < -0.39 is 5.95 Å². The Morgan fingerprint density at radius 1 is 1.31 bits per heavy atom. The summed E-state index contributed by atoms with van der Waals surface area (Å²) in [6.45, 7) is 1.66. The second kappa shape index (κ2) is 4.10. The highest BCUT2D eigenvalue weighted by Gasteiger charge is 2.14. The zero-order chi connectivity index (χ0) is 11.7. The van der Waals surface area contributed by atoms with Crippen LogP contribution in [0.15, 0.2) is 30.3 Å². The quantitative estimate of drug-likeness (QED) is 0.799. The molecule has 0 unspecified atom stereocenters. The number of halogens is 2. The Labute approximate surface area is 97.1 Å². The minimum absolute atomic E-state index is 0.214. The molecule has 0 fully saturated rings. The van der Waals surface area contributed by atoms with Crippen molar-refractivity contribution >= 4 is 17.4 Å². The Morgan fingerprint density at radius 2 is 1.94 bits per heavy atom. The van der Waals surface area contributed by atoms with Crippen LogP contribution in [0.2, 0.25) is 5.02 Å². The molecule has 0 atom stereocenters. The number of aromatic nitrogens is 1. The zero-order valence-electron chi connectivity index (χ0n) is 8.55. The van der Waals surface area contributed by atoms with E-state index in [0.717, 1.165) is 0 Å². The van der Waals surface area contributed by atoms with E-state index in [0.29, 0.717) is 21.8 Å². The normalized spacial score (nSPS) is 10.4. The number of hydrogen-bond donors (Lipinski definition) is 1. The number of nitrogens with one attached hydrogen (secondary N) is 1. The third-order valence-electron chi connectivity index (χ3n) is 2.33. The van der Waals surface area contributed by atoms with Gasteiger partial charge in [0.2, 0.25) is 0 Å². The first-order chi connectivity index (χ1) is 7.58. The van der Waals surface area contributed by atoms with Crippen molar-refractivity contribution in [1.29, 1.82) is 0 Å². The number of ketones is 1. The fourth-order valence-corrected chi connectivity index (χ4v) is 1.64. The fraction of sp³-hybridized carbons (Fsp3) is 0.0833. The molecule has 2 nitrogen and oxygen atoms in total. The monoisotopic (exact) mass is 237 g/mol. The molecule has 2 aromatic rings. The number of carbonyl (C=O) groups is 1. The van der Waals surface area contributed by atoms with Gasteiger partial charge in [-0.25, -0.2) is 0 Å². The van der Waals surface area contributed by atoms with Crippen LogP contribution in [0.3, 0.4) is 0 Å². The second-order valence-electron chi connectivity index (χ2n) is 3.49. The topological polar surface area (TPSA) is 32.9 Å². The van der Waals surface area contributed by atoms with Crippen molar-refractivity contribution in [2.45, 2.75) is 6.92 Å². The van der Waals surface area contributed by atoms with Crippen molar-refractivity contribution in [3.8, 4) is 0 Å². The summed E-state index contributed by atoms with van der Waals surface area (Å²) in [4.78, 5) is 14.4. The Kier molecular flexibility index (Phi) is 2.79. The molecular formula is C12H9ClFNO. The average Bonchev–Trinajstić information content (AvgIpc) is 2.58. The smallest absolute Gasteiger partial charge is 0.194 e. The van der Waals surface area contributed by atoms with Gasteiger partial charge in [-0.15, -0.1) is 0 Å². The standard InChI is InChI=1S/C12H9ClFNO/c1-7-10(6-11(14)15-7)12(16)8-2-4-9(13)5-3-8/h2-6,15H,1H3. The molecule has 0 saturated carbocycles. The summed E-state index contributed by atoms with van der Waals surface area (Å²) >= 11 is 5.72. The Hall–Kier alpha value is -1.61. The molecule has 1 N–H and O–H groups in total. The lowest BCUT2D eigenvalue weighted by Crippen LogP contribution is -2.01. The minimum atomic E-state index is -0.505. The molecule has 1 aromatic carbocycles. The Balaban J connectivity index is 2.39. The molecule has 82 valence electrons. The largest absolute Gasteiger partial charge is 0.335 e. The van der Waals surface area contributed by atoms with Crippen LogP contribution in [0.1, 0.15) is 21.6 Å². The van der Waals surface area contributed by atoms with Crippen LogP contribution in [-0.4, -0.2) is 10.8 Å². The molecule has 2 rings (SSSR count). The summed E-state index contributed by atoms with van der Waals surface area (Å²) in [5.74, 6) is -0.718. The third-order valence-corrected chi connectivity index (χ3v) is 2.58. The number of rotatable bonds is 2. The van der Waals surface area contributed by atoms with Crippen LogP contribution in [0.5, 0.6) is 0 Å². The summed E-state index contributed by atoms with van der Waals surface area (Å²) in [7, 11) is 0. The maximum Gasteiger partial charge on any atom is 0.194 e. The lowest BCUT2D eigenvalue weighted by Gasteiger charge is -1.99. The highest BCUT2D eigenvalue weighted by Crippen LogP contribution is 2.16. The Morgan fingerprint density at radius 3 is 2.44 bits per heavy atom. The van der Waals surface area contributed by atoms with Crippen LogP contribution < -0.4 is 0 Å². The molecule has 0 radical (unpaired) electrons. The lowest BCUT2D eigenvalue weighted by molar-refractivity contribution is 0.103. The first-order valence-corrected chi connectivity index (χ1v) is 5.11. The number of carbonyl (C=O) groups excluding carboxylic acids is 1. The Bertz CT molecular complexity index is 530. The summed E-state index contributed by atoms with van der Waals surface area (Å²) in [6, 6.07) is 7.70. The van der Waals surface area contributed by atoms with Crippen molar-refractivity contribution in [2.24, 2.45) is 0 Å². The van der Waals surface area contributed by atoms with Gasteiger partial charge in [-0.2, -0.15) is 4.39 Å². The predicted molar refractivity (Wildman–Crippen MR) is 60.4 cm³/mol. The maximum absolute atomic E-state index is 12.9. The molecule has 16 heavy (non-hydrogen) atoms. The van der Waals surface area contributed by atoms with E-state index in [9.17, 15) is 9.18 Å². The number of benzene rings is 1. The van der Waals surface area contributed by atoms with Crippen molar-refractivity contribution in [3.05, 3.63) is 58.1 Å². The molecule has 0 spiro atoms.